The number of anilines is 2. The number of carbonyl (C=O) groups is 2. The van der Waals surface area contributed by atoms with Gasteiger partial charge in [-0.1, -0.05) is 30.1 Å². The Balaban J connectivity index is 1.71. The number of aromatic nitrogens is 1. The molecule has 1 aliphatic rings. The Hall–Kier alpha value is -2.61. The summed E-state index contributed by atoms with van der Waals surface area (Å²) in [5, 5.41) is 4.58. The molecule has 0 radical (unpaired) electrons. The summed E-state index contributed by atoms with van der Waals surface area (Å²) < 4.78 is 5.95. The molecule has 0 fully saturated rings. The summed E-state index contributed by atoms with van der Waals surface area (Å²) in [7, 11) is 0. The second-order valence-electron chi connectivity index (χ2n) is 7.87. The van der Waals surface area contributed by atoms with Crippen molar-refractivity contribution >= 4 is 57.7 Å². The molecule has 0 spiro atoms. The minimum Gasteiger partial charge on any atom is -0.478 e. The van der Waals surface area contributed by atoms with E-state index >= 15 is 0 Å². The number of benzene rings is 2. The normalized spacial score (nSPS) is 16.2. The van der Waals surface area contributed by atoms with E-state index in [9.17, 15) is 9.59 Å². The van der Waals surface area contributed by atoms with Crippen molar-refractivity contribution in [1.82, 2.24) is 4.98 Å². The lowest BCUT2D eigenvalue weighted by Crippen LogP contribution is -2.53. The van der Waals surface area contributed by atoms with Crippen LogP contribution in [0.5, 0.6) is 5.75 Å². The van der Waals surface area contributed by atoms with Gasteiger partial charge in [-0.15, -0.1) is 11.3 Å². The molecule has 0 aliphatic carbocycles. The fourth-order valence-corrected chi connectivity index (χ4v) is 5.24. The van der Waals surface area contributed by atoms with E-state index in [4.69, 9.17) is 27.9 Å². The highest BCUT2D eigenvalue weighted by molar-refractivity contribution is 7.11. The molecular formula is C24H23Cl2N3O3S. The van der Waals surface area contributed by atoms with Gasteiger partial charge in [0.1, 0.15) is 11.8 Å². The summed E-state index contributed by atoms with van der Waals surface area (Å²) in [4.78, 5) is 33.7. The van der Waals surface area contributed by atoms with Crippen LogP contribution in [-0.4, -0.2) is 28.9 Å². The lowest BCUT2D eigenvalue weighted by molar-refractivity contribution is -0.129. The molecule has 4 rings (SSSR count). The summed E-state index contributed by atoms with van der Waals surface area (Å²) in [5.41, 5.74) is 2.72. The number of ether oxygens (including phenoxy) is 1. The zero-order valence-electron chi connectivity index (χ0n) is 18.6. The predicted molar refractivity (Wildman–Crippen MR) is 134 cm³/mol. The van der Waals surface area contributed by atoms with Crippen LogP contribution in [0.2, 0.25) is 10.0 Å². The van der Waals surface area contributed by atoms with E-state index in [1.54, 1.807) is 36.5 Å². The molecule has 2 atom stereocenters. The number of aryl methyl sites for hydroxylation is 2. The largest absolute Gasteiger partial charge is 0.478 e. The Kier molecular flexibility index (Phi) is 6.66. The number of nitrogens with one attached hydrogen (secondary N) is 1. The van der Waals surface area contributed by atoms with Gasteiger partial charge >= 0.3 is 0 Å². The predicted octanol–water partition coefficient (Wildman–Crippen LogP) is 6.26. The zero-order chi connectivity index (χ0) is 23.9. The van der Waals surface area contributed by atoms with E-state index in [-0.39, 0.29) is 11.8 Å². The standard InChI is InChI=1S/C24H23Cl2N3O3S/c1-5-20-24(31)29(12(2)23(30)28-18-10-16(25)9-17(26)11-18)19-8-15(6-7-21(19)32-20)22-13(3)33-14(4)27-22/h6-12,20H,5H2,1-4H3,(H,28,30). The van der Waals surface area contributed by atoms with Crippen LogP contribution in [0.1, 0.15) is 30.2 Å². The van der Waals surface area contributed by atoms with Crippen LogP contribution in [0, 0.1) is 13.8 Å². The van der Waals surface area contributed by atoms with Gasteiger partial charge in [0, 0.05) is 26.2 Å². The number of nitrogens with zero attached hydrogens (tertiary/aromatic N) is 2. The van der Waals surface area contributed by atoms with Gasteiger partial charge in [-0.2, -0.15) is 0 Å². The molecule has 2 unspecified atom stereocenters. The average Bonchev–Trinajstić information content (AvgIpc) is 3.09. The fraction of sp³-hybridized carbons (Fsp3) is 0.292. The van der Waals surface area contributed by atoms with E-state index in [1.807, 2.05) is 39.0 Å². The molecule has 0 bridgehead atoms. The molecule has 2 heterocycles. The Labute approximate surface area is 206 Å². The molecule has 2 aromatic carbocycles. The number of fused-ring (bicyclic) bond motifs is 1. The van der Waals surface area contributed by atoms with Crippen molar-refractivity contribution in [3.63, 3.8) is 0 Å². The maximum Gasteiger partial charge on any atom is 0.268 e. The van der Waals surface area contributed by atoms with E-state index < -0.39 is 12.1 Å². The maximum absolute atomic E-state index is 13.3. The first-order valence-corrected chi connectivity index (χ1v) is 12.1. The molecule has 33 heavy (non-hydrogen) atoms. The van der Waals surface area contributed by atoms with Crippen LogP contribution < -0.4 is 15.0 Å². The van der Waals surface area contributed by atoms with E-state index in [1.165, 1.54) is 4.90 Å². The first-order valence-electron chi connectivity index (χ1n) is 10.5. The number of thiazole rings is 1. The van der Waals surface area contributed by atoms with Gasteiger partial charge in [0.25, 0.3) is 5.91 Å². The molecule has 0 saturated carbocycles. The molecule has 2 amide bonds. The maximum atomic E-state index is 13.3. The molecular weight excluding hydrogens is 481 g/mol. The van der Waals surface area contributed by atoms with Crippen LogP contribution in [0.15, 0.2) is 36.4 Å². The van der Waals surface area contributed by atoms with Gasteiger partial charge in [-0.3, -0.25) is 14.5 Å². The molecule has 9 heteroatoms. The smallest absolute Gasteiger partial charge is 0.268 e. The van der Waals surface area contributed by atoms with Crippen molar-refractivity contribution in [3.8, 4) is 17.0 Å². The third-order valence-corrected chi connectivity index (χ3v) is 6.77. The second kappa shape index (κ2) is 9.33. The quantitative estimate of drug-likeness (QED) is 0.445. The molecule has 3 aromatic rings. The van der Waals surface area contributed by atoms with Crippen molar-refractivity contribution in [2.45, 2.75) is 46.3 Å². The van der Waals surface area contributed by atoms with Gasteiger partial charge in [0.05, 0.1) is 16.4 Å². The number of hydrogen-bond donors (Lipinski definition) is 1. The Bertz CT molecular complexity index is 1220. The van der Waals surface area contributed by atoms with Crippen molar-refractivity contribution in [1.29, 1.82) is 0 Å². The molecule has 0 saturated heterocycles. The zero-order valence-corrected chi connectivity index (χ0v) is 20.9. The van der Waals surface area contributed by atoms with Gasteiger partial charge in [0.15, 0.2) is 6.10 Å². The number of halogens is 2. The Morgan fingerprint density at radius 2 is 1.91 bits per heavy atom. The minimum atomic E-state index is -0.805. The van der Waals surface area contributed by atoms with E-state index in [0.717, 1.165) is 21.1 Å². The van der Waals surface area contributed by atoms with Crippen LogP contribution in [0.3, 0.4) is 0 Å². The lowest BCUT2D eigenvalue weighted by atomic mass is 10.0. The highest BCUT2D eigenvalue weighted by atomic mass is 35.5. The van der Waals surface area contributed by atoms with Gasteiger partial charge in [-0.25, -0.2) is 4.98 Å². The fourth-order valence-electron chi connectivity index (χ4n) is 3.87. The molecule has 6 nitrogen and oxygen atoms in total. The number of amides is 2. The minimum absolute atomic E-state index is 0.264. The highest BCUT2D eigenvalue weighted by Crippen LogP contribution is 2.40. The molecule has 1 aromatic heterocycles. The third-order valence-electron chi connectivity index (χ3n) is 5.45. The van der Waals surface area contributed by atoms with Gasteiger partial charge < -0.3 is 10.1 Å². The number of carbonyl (C=O) groups excluding carboxylic acids is 2. The first-order chi connectivity index (χ1) is 15.7. The SMILES string of the molecule is CCC1Oc2ccc(-c3nc(C)sc3C)cc2N(C(C)C(=O)Nc2cc(Cl)cc(Cl)c2)C1=O. The summed E-state index contributed by atoms with van der Waals surface area (Å²) >= 11 is 13.7. The van der Waals surface area contributed by atoms with E-state index in [2.05, 4.69) is 10.3 Å². The van der Waals surface area contributed by atoms with Crippen LogP contribution in [0.25, 0.3) is 11.3 Å². The van der Waals surface area contributed by atoms with Crippen molar-refractivity contribution in [3.05, 3.63) is 56.3 Å². The molecule has 172 valence electrons. The summed E-state index contributed by atoms with van der Waals surface area (Å²) in [6, 6.07) is 9.61. The summed E-state index contributed by atoms with van der Waals surface area (Å²) in [6.45, 7) is 7.53. The van der Waals surface area contributed by atoms with Crippen LogP contribution in [-0.2, 0) is 9.59 Å². The van der Waals surface area contributed by atoms with E-state index in [0.29, 0.717) is 33.6 Å². The second-order valence-corrected chi connectivity index (χ2v) is 10.1. The Morgan fingerprint density at radius 3 is 2.52 bits per heavy atom. The summed E-state index contributed by atoms with van der Waals surface area (Å²) in [6.07, 6.45) is -0.179. The Morgan fingerprint density at radius 1 is 1.21 bits per heavy atom. The van der Waals surface area contributed by atoms with Crippen LogP contribution in [0.4, 0.5) is 11.4 Å². The average molecular weight is 504 g/mol. The lowest BCUT2D eigenvalue weighted by Gasteiger charge is -2.37. The summed E-state index contributed by atoms with van der Waals surface area (Å²) in [5.74, 6) is -0.0733. The third kappa shape index (κ3) is 4.71. The number of rotatable bonds is 5. The van der Waals surface area contributed by atoms with Gasteiger partial charge in [0.2, 0.25) is 5.91 Å². The number of hydrogen-bond acceptors (Lipinski definition) is 5. The van der Waals surface area contributed by atoms with Crippen molar-refractivity contribution < 1.29 is 14.3 Å². The van der Waals surface area contributed by atoms with Crippen molar-refractivity contribution in [2.75, 3.05) is 10.2 Å². The van der Waals surface area contributed by atoms with Crippen molar-refractivity contribution in [2.24, 2.45) is 0 Å². The monoisotopic (exact) mass is 503 g/mol. The molecule has 1 N–H and O–H groups in total. The topological polar surface area (TPSA) is 71.5 Å². The first kappa shape index (κ1) is 23.5. The highest BCUT2D eigenvalue weighted by Gasteiger charge is 2.38. The molecule has 1 aliphatic heterocycles. The van der Waals surface area contributed by atoms with Gasteiger partial charge in [-0.05, 0) is 63.6 Å². The van der Waals surface area contributed by atoms with Crippen LogP contribution >= 0.6 is 34.5 Å².